The zero-order chi connectivity index (χ0) is 15.4. The molecular weight excluding hydrogens is 266 g/mol. The number of hydrogen-bond donors (Lipinski definition) is 1. The molecule has 4 nitrogen and oxygen atoms in total. The van der Waals surface area contributed by atoms with Crippen molar-refractivity contribution in [2.45, 2.75) is 33.1 Å². The van der Waals surface area contributed by atoms with Gasteiger partial charge in [0.1, 0.15) is 0 Å². The van der Waals surface area contributed by atoms with E-state index in [4.69, 9.17) is 5.11 Å². The van der Waals surface area contributed by atoms with Crippen LogP contribution in [-0.2, 0) is 17.6 Å². The van der Waals surface area contributed by atoms with Crippen molar-refractivity contribution in [3.05, 3.63) is 63.6 Å². The van der Waals surface area contributed by atoms with E-state index in [1.165, 1.54) is 5.56 Å². The predicted molar refractivity (Wildman–Crippen MR) is 82.1 cm³/mol. The average molecular weight is 285 g/mol. The summed E-state index contributed by atoms with van der Waals surface area (Å²) in [5.74, 6) is -0.895. The van der Waals surface area contributed by atoms with Gasteiger partial charge < -0.3 is 9.67 Å². The molecule has 0 saturated carbocycles. The van der Waals surface area contributed by atoms with E-state index in [2.05, 4.69) is 19.1 Å². The number of aromatic nitrogens is 1. The zero-order valence-electron chi connectivity index (χ0n) is 12.3. The molecule has 110 valence electrons. The molecule has 2 rings (SSSR count). The Balaban J connectivity index is 2.40. The van der Waals surface area contributed by atoms with Crippen LogP contribution in [0.3, 0.4) is 0 Å². The van der Waals surface area contributed by atoms with Crippen LogP contribution in [0, 0.1) is 6.92 Å². The van der Waals surface area contributed by atoms with Crippen LogP contribution in [0.25, 0.3) is 5.69 Å². The van der Waals surface area contributed by atoms with Crippen molar-refractivity contribution in [1.29, 1.82) is 0 Å². The van der Waals surface area contributed by atoms with Crippen LogP contribution in [0.4, 0.5) is 0 Å². The van der Waals surface area contributed by atoms with Crippen LogP contribution >= 0.6 is 0 Å². The molecule has 0 saturated heterocycles. The second-order valence-electron chi connectivity index (χ2n) is 5.09. The summed E-state index contributed by atoms with van der Waals surface area (Å²) in [4.78, 5) is 22.6. The Labute approximate surface area is 123 Å². The van der Waals surface area contributed by atoms with Crippen molar-refractivity contribution in [1.82, 2.24) is 4.57 Å². The third-order valence-corrected chi connectivity index (χ3v) is 3.55. The van der Waals surface area contributed by atoms with Gasteiger partial charge in [-0.15, -0.1) is 0 Å². The van der Waals surface area contributed by atoms with Crippen LogP contribution in [0.1, 0.15) is 30.2 Å². The largest absolute Gasteiger partial charge is 0.481 e. The number of carbonyl (C=O) groups is 1. The third-order valence-electron chi connectivity index (χ3n) is 3.55. The molecule has 0 amide bonds. The second-order valence-corrected chi connectivity index (χ2v) is 5.09. The van der Waals surface area contributed by atoms with Crippen LogP contribution in [0.2, 0.25) is 0 Å². The molecule has 0 aliphatic rings. The number of aryl methyl sites for hydroxylation is 3. The summed E-state index contributed by atoms with van der Waals surface area (Å²) < 4.78 is 1.93. The van der Waals surface area contributed by atoms with E-state index in [1.54, 1.807) is 12.3 Å². The Bertz CT molecular complexity index is 699. The number of carboxylic acids is 1. The summed E-state index contributed by atoms with van der Waals surface area (Å²) in [5.41, 5.74) is 3.49. The van der Waals surface area contributed by atoms with Gasteiger partial charge in [0.05, 0.1) is 0 Å². The van der Waals surface area contributed by atoms with Crippen molar-refractivity contribution in [2.75, 3.05) is 0 Å². The molecule has 0 spiro atoms. The molecule has 0 bridgehead atoms. The monoisotopic (exact) mass is 285 g/mol. The topological polar surface area (TPSA) is 59.3 Å². The lowest BCUT2D eigenvalue weighted by Gasteiger charge is -2.13. The van der Waals surface area contributed by atoms with Crippen molar-refractivity contribution in [3.8, 4) is 5.69 Å². The normalized spacial score (nSPS) is 10.6. The smallest absolute Gasteiger partial charge is 0.303 e. The highest BCUT2D eigenvalue weighted by Gasteiger charge is 2.07. The van der Waals surface area contributed by atoms with Gasteiger partial charge >= 0.3 is 5.97 Å². The fraction of sp³-hybridized carbons (Fsp3) is 0.294. The lowest BCUT2D eigenvalue weighted by Crippen LogP contribution is -2.15. The molecule has 2 aromatic rings. The summed E-state index contributed by atoms with van der Waals surface area (Å²) >= 11 is 0. The summed E-state index contributed by atoms with van der Waals surface area (Å²) in [6.45, 7) is 3.97. The SMILES string of the molecule is CCc1ccc(-n2cc(CCC(=O)O)c(=O)cc2C)cc1. The minimum absolute atomic E-state index is 0.0346. The predicted octanol–water partition coefficient (Wildman–Crippen LogP) is 2.73. The molecular formula is C17H19NO3. The first kappa shape index (κ1) is 15.0. The van der Waals surface area contributed by atoms with Crippen LogP contribution < -0.4 is 5.43 Å². The van der Waals surface area contributed by atoms with Gasteiger partial charge in [-0.1, -0.05) is 19.1 Å². The second kappa shape index (κ2) is 6.39. The number of hydrogen-bond acceptors (Lipinski definition) is 2. The van der Waals surface area contributed by atoms with Gasteiger partial charge in [-0.25, -0.2) is 0 Å². The van der Waals surface area contributed by atoms with E-state index < -0.39 is 5.97 Å². The molecule has 4 heteroatoms. The van der Waals surface area contributed by atoms with Crippen molar-refractivity contribution in [2.24, 2.45) is 0 Å². The van der Waals surface area contributed by atoms with E-state index in [0.717, 1.165) is 17.8 Å². The number of carboxylic acid groups (broad SMARTS) is 1. The maximum atomic E-state index is 11.9. The highest BCUT2D eigenvalue weighted by atomic mass is 16.4. The number of nitrogens with zero attached hydrogens (tertiary/aromatic N) is 1. The van der Waals surface area contributed by atoms with Gasteiger partial charge in [0.25, 0.3) is 0 Å². The Hall–Kier alpha value is -2.36. The molecule has 0 aliphatic heterocycles. The quantitative estimate of drug-likeness (QED) is 0.919. The number of pyridine rings is 1. The van der Waals surface area contributed by atoms with E-state index in [1.807, 2.05) is 23.6 Å². The molecule has 1 heterocycles. The fourth-order valence-electron chi connectivity index (χ4n) is 2.27. The zero-order valence-corrected chi connectivity index (χ0v) is 12.3. The van der Waals surface area contributed by atoms with E-state index >= 15 is 0 Å². The first-order chi connectivity index (χ1) is 10.0. The molecule has 1 N–H and O–H groups in total. The molecule has 0 radical (unpaired) electrons. The average Bonchev–Trinajstić information content (AvgIpc) is 2.46. The maximum absolute atomic E-state index is 11.9. The Kier molecular flexibility index (Phi) is 4.58. The fourth-order valence-corrected chi connectivity index (χ4v) is 2.27. The van der Waals surface area contributed by atoms with Crippen molar-refractivity contribution in [3.63, 3.8) is 0 Å². The minimum atomic E-state index is -0.895. The number of rotatable bonds is 5. The summed E-state index contributed by atoms with van der Waals surface area (Å²) in [7, 11) is 0. The maximum Gasteiger partial charge on any atom is 0.303 e. The first-order valence-electron chi connectivity index (χ1n) is 7.04. The van der Waals surface area contributed by atoms with Gasteiger partial charge in [0.2, 0.25) is 0 Å². The molecule has 21 heavy (non-hydrogen) atoms. The Morgan fingerprint density at radius 1 is 1.24 bits per heavy atom. The molecule has 1 aromatic carbocycles. The van der Waals surface area contributed by atoms with Gasteiger partial charge in [0, 0.05) is 35.6 Å². The first-order valence-corrected chi connectivity index (χ1v) is 7.04. The van der Waals surface area contributed by atoms with Gasteiger partial charge in [-0.3, -0.25) is 9.59 Å². The number of benzene rings is 1. The van der Waals surface area contributed by atoms with Crippen molar-refractivity contribution >= 4 is 5.97 Å². The Morgan fingerprint density at radius 3 is 2.48 bits per heavy atom. The van der Waals surface area contributed by atoms with E-state index in [-0.39, 0.29) is 18.3 Å². The Morgan fingerprint density at radius 2 is 1.90 bits per heavy atom. The van der Waals surface area contributed by atoms with Crippen LogP contribution in [-0.4, -0.2) is 15.6 Å². The molecule has 0 fully saturated rings. The molecule has 0 aliphatic carbocycles. The highest BCUT2D eigenvalue weighted by molar-refractivity contribution is 5.67. The van der Waals surface area contributed by atoms with Gasteiger partial charge in [-0.05, 0) is 37.5 Å². The minimum Gasteiger partial charge on any atom is -0.481 e. The highest BCUT2D eigenvalue weighted by Crippen LogP contribution is 2.13. The third kappa shape index (κ3) is 3.60. The summed E-state index contributed by atoms with van der Waals surface area (Å²) in [6, 6.07) is 9.70. The lowest BCUT2D eigenvalue weighted by molar-refractivity contribution is -0.136. The van der Waals surface area contributed by atoms with Crippen LogP contribution in [0.15, 0.2) is 41.3 Å². The van der Waals surface area contributed by atoms with E-state index in [0.29, 0.717) is 5.56 Å². The molecule has 0 atom stereocenters. The molecule has 1 aromatic heterocycles. The summed E-state index contributed by atoms with van der Waals surface area (Å²) in [6.07, 6.45) is 2.95. The van der Waals surface area contributed by atoms with E-state index in [9.17, 15) is 9.59 Å². The van der Waals surface area contributed by atoms with Gasteiger partial charge in [-0.2, -0.15) is 0 Å². The van der Waals surface area contributed by atoms with Crippen molar-refractivity contribution < 1.29 is 9.90 Å². The number of aliphatic carboxylic acids is 1. The standard InChI is InChI=1S/C17H19NO3/c1-3-13-4-7-15(8-5-13)18-11-14(6-9-17(20)21)16(19)10-12(18)2/h4-5,7-8,10-11H,3,6,9H2,1-2H3,(H,20,21). The summed E-state index contributed by atoms with van der Waals surface area (Å²) in [5, 5.41) is 8.76. The van der Waals surface area contributed by atoms with Gasteiger partial charge in [0.15, 0.2) is 5.43 Å². The lowest BCUT2D eigenvalue weighted by atomic mass is 10.1. The molecule has 0 unspecified atom stereocenters. The van der Waals surface area contributed by atoms with Crippen LogP contribution in [0.5, 0.6) is 0 Å².